The number of hydrogen-bond acceptors (Lipinski definition) is 4. The van der Waals surface area contributed by atoms with E-state index < -0.39 is 5.91 Å². The van der Waals surface area contributed by atoms with Gasteiger partial charge in [0.05, 0.1) is 6.54 Å². The maximum atomic E-state index is 12.1. The number of likely N-dealkylation sites (tertiary alicyclic amines) is 1. The van der Waals surface area contributed by atoms with Gasteiger partial charge in [0, 0.05) is 18.5 Å². The molecule has 1 heterocycles. The Morgan fingerprint density at radius 2 is 1.56 bits per heavy atom. The van der Waals surface area contributed by atoms with Crippen LogP contribution in [0.1, 0.15) is 36.0 Å². The maximum absolute atomic E-state index is 12.1. The van der Waals surface area contributed by atoms with E-state index in [1.165, 1.54) is 0 Å². The van der Waals surface area contributed by atoms with Crippen LogP contribution in [0.25, 0.3) is 0 Å². The highest BCUT2D eigenvalue weighted by Gasteiger charge is 2.27. The van der Waals surface area contributed by atoms with E-state index in [1.807, 2.05) is 32.9 Å². The molecule has 0 unspecified atom stereocenters. The zero-order valence-corrected chi connectivity index (χ0v) is 14.8. The Bertz CT molecular complexity index is 688. The lowest BCUT2D eigenvalue weighted by Crippen LogP contribution is -2.47. The van der Waals surface area contributed by atoms with Gasteiger partial charge in [0.1, 0.15) is 6.54 Å². The van der Waals surface area contributed by atoms with Crippen molar-refractivity contribution in [1.82, 2.24) is 10.2 Å². The SMILES string of the molecule is Cc1cc(C)c(NC(=O)CNC(=O)CN2C(=O)CCCC2=O)c(C)c1. The highest BCUT2D eigenvalue weighted by Crippen LogP contribution is 2.21. The van der Waals surface area contributed by atoms with Crippen LogP contribution >= 0.6 is 0 Å². The minimum absolute atomic E-state index is 0.220. The Balaban J connectivity index is 1.86. The molecule has 4 amide bonds. The first-order valence-electron chi connectivity index (χ1n) is 8.25. The minimum Gasteiger partial charge on any atom is -0.345 e. The summed E-state index contributed by atoms with van der Waals surface area (Å²) >= 11 is 0. The average molecular weight is 345 g/mol. The van der Waals surface area contributed by atoms with Crippen LogP contribution < -0.4 is 10.6 Å². The number of nitrogens with one attached hydrogen (secondary N) is 2. The molecule has 134 valence electrons. The van der Waals surface area contributed by atoms with Gasteiger partial charge in [-0.1, -0.05) is 17.7 Å². The van der Waals surface area contributed by atoms with E-state index in [9.17, 15) is 19.2 Å². The number of aryl methyl sites for hydroxylation is 3. The van der Waals surface area contributed by atoms with E-state index in [0.29, 0.717) is 6.42 Å². The number of carbonyl (C=O) groups excluding carboxylic acids is 4. The molecule has 0 aliphatic carbocycles. The van der Waals surface area contributed by atoms with Gasteiger partial charge in [-0.25, -0.2) is 0 Å². The van der Waals surface area contributed by atoms with Gasteiger partial charge in [-0.15, -0.1) is 0 Å². The van der Waals surface area contributed by atoms with Crippen molar-refractivity contribution in [3.05, 3.63) is 28.8 Å². The van der Waals surface area contributed by atoms with Gasteiger partial charge in [0.2, 0.25) is 23.6 Å². The van der Waals surface area contributed by atoms with Crippen LogP contribution in [0.15, 0.2) is 12.1 Å². The first kappa shape index (κ1) is 18.6. The molecule has 2 rings (SSSR count). The Hall–Kier alpha value is -2.70. The van der Waals surface area contributed by atoms with Gasteiger partial charge in [-0.3, -0.25) is 24.1 Å². The lowest BCUT2D eigenvalue weighted by atomic mass is 10.1. The van der Waals surface area contributed by atoms with Gasteiger partial charge in [-0.05, 0) is 38.3 Å². The van der Waals surface area contributed by atoms with Crippen molar-refractivity contribution in [2.45, 2.75) is 40.0 Å². The maximum Gasteiger partial charge on any atom is 0.243 e. The topological polar surface area (TPSA) is 95.6 Å². The Kier molecular flexibility index (Phi) is 5.90. The summed E-state index contributed by atoms with van der Waals surface area (Å²) in [6.07, 6.45) is 1.06. The minimum atomic E-state index is -0.531. The second kappa shape index (κ2) is 7.92. The molecule has 0 atom stereocenters. The number of rotatable bonds is 5. The molecule has 0 aromatic heterocycles. The van der Waals surface area contributed by atoms with Gasteiger partial charge < -0.3 is 10.6 Å². The monoisotopic (exact) mass is 345 g/mol. The number of benzene rings is 1. The fourth-order valence-electron chi connectivity index (χ4n) is 2.92. The summed E-state index contributed by atoms with van der Waals surface area (Å²) < 4.78 is 0. The van der Waals surface area contributed by atoms with Gasteiger partial charge in [0.25, 0.3) is 0 Å². The highest BCUT2D eigenvalue weighted by molar-refractivity contribution is 6.01. The molecular formula is C18H23N3O4. The van der Waals surface area contributed by atoms with Crippen molar-refractivity contribution in [2.24, 2.45) is 0 Å². The number of imide groups is 1. The van der Waals surface area contributed by atoms with E-state index in [4.69, 9.17) is 0 Å². The lowest BCUT2D eigenvalue weighted by molar-refractivity contribution is -0.150. The van der Waals surface area contributed by atoms with E-state index in [-0.39, 0.29) is 43.7 Å². The third-order valence-electron chi connectivity index (χ3n) is 4.07. The van der Waals surface area contributed by atoms with Crippen LogP contribution in [0, 0.1) is 20.8 Å². The fraction of sp³-hybridized carbons (Fsp3) is 0.444. The molecular weight excluding hydrogens is 322 g/mol. The predicted octanol–water partition coefficient (Wildman–Crippen LogP) is 1.21. The second-order valence-electron chi connectivity index (χ2n) is 6.33. The molecule has 25 heavy (non-hydrogen) atoms. The fourth-order valence-corrected chi connectivity index (χ4v) is 2.92. The summed E-state index contributed by atoms with van der Waals surface area (Å²) in [4.78, 5) is 48.2. The van der Waals surface area contributed by atoms with Crippen LogP contribution in [0.2, 0.25) is 0 Å². The first-order chi connectivity index (χ1) is 11.8. The highest BCUT2D eigenvalue weighted by atomic mass is 16.2. The van der Waals surface area contributed by atoms with E-state index >= 15 is 0 Å². The van der Waals surface area contributed by atoms with Gasteiger partial charge in [0.15, 0.2) is 0 Å². The number of carbonyl (C=O) groups is 4. The third-order valence-corrected chi connectivity index (χ3v) is 4.07. The number of anilines is 1. The molecule has 1 fully saturated rings. The molecule has 0 spiro atoms. The van der Waals surface area contributed by atoms with Crippen molar-refractivity contribution in [3.8, 4) is 0 Å². The summed E-state index contributed by atoms with van der Waals surface area (Å²) in [5.41, 5.74) is 3.73. The van der Waals surface area contributed by atoms with Crippen molar-refractivity contribution < 1.29 is 19.2 Å². The Labute approximate surface area is 146 Å². The third kappa shape index (κ3) is 4.89. The first-order valence-corrected chi connectivity index (χ1v) is 8.25. The van der Waals surface area contributed by atoms with Crippen LogP contribution in [0.3, 0.4) is 0 Å². The van der Waals surface area contributed by atoms with Crippen molar-refractivity contribution >= 4 is 29.3 Å². The zero-order valence-electron chi connectivity index (χ0n) is 14.8. The molecule has 1 aliphatic rings. The molecule has 1 saturated heterocycles. The number of amides is 4. The van der Waals surface area contributed by atoms with E-state index in [1.54, 1.807) is 0 Å². The summed E-state index contributed by atoms with van der Waals surface area (Å²) in [5, 5.41) is 5.23. The molecule has 0 radical (unpaired) electrons. The molecule has 1 aromatic rings. The lowest BCUT2D eigenvalue weighted by Gasteiger charge is -2.24. The van der Waals surface area contributed by atoms with Crippen LogP contribution in [0.5, 0.6) is 0 Å². The summed E-state index contributed by atoms with van der Waals surface area (Å²) in [6.45, 7) is 5.23. The van der Waals surface area contributed by atoms with Crippen molar-refractivity contribution in [3.63, 3.8) is 0 Å². The molecule has 0 saturated carbocycles. The summed E-state index contributed by atoms with van der Waals surface area (Å²) in [6, 6.07) is 3.93. The standard InChI is InChI=1S/C18H23N3O4/c1-11-7-12(2)18(13(3)8-11)20-14(22)9-19-15(23)10-21-16(24)5-4-6-17(21)25/h7-8H,4-6,9-10H2,1-3H3,(H,19,23)(H,20,22). The van der Waals surface area contributed by atoms with Crippen LogP contribution in [-0.2, 0) is 19.2 Å². The largest absolute Gasteiger partial charge is 0.345 e. The quantitative estimate of drug-likeness (QED) is 0.784. The van der Waals surface area contributed by atoms with Gasteiger partial charge in [-0.2, -0.15) is 0 Å². The van der Waals surface area contributed by atoms with E-state index in [2.05, 4.69) is 10.6 Å². The zero-order chi connectivity index (χ0) is 18.6. The smallest absolute Gasteiger partial charge is 0.243 e. The Morgan fingerprint density at radius 1 is 1.00 bits per heavy atom. The molecule has 1 aliphatic heterocycles. The molecule has 1 aromatic carbocycles. The van der Waals surface area contributed by atoms with Crippen molar-refractivity contribution in [1.29, 1.82) is 0 Å². The normalized spacial score (nSPS) is 14.4. The number of nitrogens with zero attached hydrogens (tertiary/aromatic N) is 1. The molecule has 2 N–H and O–H groups in total. The molecule has 7 heteroatoms. The summed E-state index contributed by atoms with van der Waals surface area (Å²) in [7, 11) is 0. The number of hydrogen-bond donors (Lipinski definition) is 2. The second-order valence-corrected chi connectivity index (χ2v) is 6.33. The van der Waals surface area contributed by atoms with Gasteiger partial charge >= 0.3 is 0 Å². The molecule has 7 nitrogen and oxygen atoms in total. The Morgan fingerprint density at radius 3 is 2.12 bits per heavy atom. The number of piperidine rings is 1. The average Bonchev–Trinajstić information content (AvgIpc) is 2.52. The van der Waals surface area contributed by atoms with E-state index in [0.717, 1.165) is 27.3 Å². The van der Waals surface area contributed by atoms with Crippen LogP contribution in [-0.4, -0.2) is 41.6 Å². The summed E-state index contributed by atoms with van der Waals surface area (Å²) in [5.74, 6) is -1.58. The van der Waals surface area contributed by atoms with Crippen LogP contribution in [0.4, 0.5) is 5.69 Å². The van der Waals surface area contributed by atoms with Crippen molar-refractivity contribution in [2.75, 3.05) is 18.4 Å². The molecule has 0 bridgehead atoms. The predicted molar refractivity (Wildman–Crippen MR) is 92.9 cm³/mol.